The van der Waals surface area contributed by atoms with E-state index in [2.05, 4.69) is 51.9 Å². The van der Waals surface area contributed by atoms with Crippen LogP contribution in [0.25, 0.3) is 0 Å². The lowest BCUT2D eigenvalue weighted by Crippen LogP contribution is -2.17. The Bertz CT molecular complexity index is 344. The third-order valence-corrected chi connectivity index (χ3v) is 2.31. The Labute approximate surface area is 104 Å². The molecule has 1 aromatic heterocycles. The summed E-state index contributed by atoms with van der Waals surface area (Å²) in [5.41, 5.74) is 1.30. The first-order valence-electron chi connectivity index (χ1n) is 6.17. The summed E-state index contributed by atoms with van der Waals surface area (Å²) in [6.07, 6.45) is 2.00. The normalized spacial score (nSPS) is 13.1. The fourth-order valence-electron chi connectivity index (χ4n) is 1.29. The molecule has 0 atom stereocenters. The highest BCUT2D eigenvalue weighted by Gasteiger charge is 2.17. The molecule has 0 bridgehead atoms. The van der Waals surface area contributed by atoms with Crippen molar-refractivity contribution in [3.63, 3.8) is 0 Å². The van der Waals surface area contributed by atoms with Gasteiger partial charge < -0.3 is 4.74 Å². The van der Waals surface area contributed by atoms with E-state index in [4.69, 9.17) is 4.74 Å². The van der Waals surface area contributed by atoms with Crippen LogP contribution in [0.5, 0.6) is 0 Å². The molecule has 0 saturated carbocycles. The fraction of sp³-hybridized carbons (Fsp3) is 0.846. The van der Waals surface area contributed by atoms with Gasteiger partial charge in [0.15, 0.2) is 0 Å². The molecule has 0 aliphatic carbocycles. The number of nitrogens with zero attached hydrogens (tertiary/aromatic N) is 3. The number of aromatic nitrogens is 3. The molecule has 4 nitrogen and oxygen atoms in total. The van der Waals surface area contributed by atoms with Crippen LogP contribution in [0.1, 0.15) is 47.2 Å². The Morgan fingerprint density at radius 3 is 2.29 bits per heavy atom. The van der Waals surface area contributed by atoms with Crippen LogP contribution in [0.2, 0.25) is 0 Å². The number of hydrogen-bond acceptors (Lipinski definition) is 3. The zero-order valence-corrected chi connectivity index (χ0v) is 11.9. The summed E-state index contributed by atoms with van der Waals surface area (Å²) < 4.78 is 7.46. The smallest absolute Gasteiger partial charge is 0.0880 e. The largest absolute Gasteiger partial charge is 0.379 e. The molecule has 0 amide bonds. The van der Waals surface area contributed by atoms with Gasteiger partial charge in [0, 0.05) is 11.6 Å². The summed E-state index contributed by atoms with van der Waals surface area (Å²) in [5.74, 6) is 0. The van der Waals surface area contributed by atoms with Crippen molar-refractivity contribution < 1.29 is 4.74 Å². The second kappa shape index (κ2) is 5.17. The highest BCUT2D eigenvalue weighted by atomic mass is 16.5. The van der Waals surface area contributed by atoms with Gasteiger partial charge >= 0.3 is 0 Å². The molecule has 1 aromatic rings. The van der Waals surface area contributed by atoms with Gasteiger partial charge in [-0.15, -0.1) is 5.10 Å². The minimum absolute atomic E-state index is 0.0600. The first-order valence-corrected chi connectivity index (χ1v) is 6.17. The van der Waals surface area contributed by atoms with Crippen molar-refractivity contribution in [2.24, 2.45) is 5.41 Å². The molecule has 0 N–H and O–H groups in total. The first kappa shape index (κ1) is 14.2. The van der Waals surface area contributed by atoms with Gasteiger partial charge in [0.25, 0.3) is 0 Å². The predicted octanol–water partition coefficient (Wildman–Crippen LogP) is 2.64. The van der Waals surface area contributed by atoms with E-state index >= 15 is 0 Å². The van der Waals surface area contributed by atoms with Crippen LogP contribution in [0.4, 0.5) is 0 Å². The van der Waals surface area contributed by atoms with E-state index in [1.54, 1.807) is 0 Å². The summed E-state index contributed by atoms with van der Waals surface area (Å²) in [5, 5.41) is 8.28. The van der Waals surface area contributed by atoms with Gasteiger partial charge in [0.1, 0.15) is 0 Å². The highest BCUT2D eigenvalue weighted by Crippen LogP contribution is 2.18. The van der Waals surface area contributed by atoms with E-state index in [0.717, 1.165) is 18.8 Å². The molecule has 0 radical (unpaired) electrons. The van der Waals surface area contributed by atoms with E-state index in [0.29, 0.717) is 6.61 Å². The minimum Gasteiger partial charge on any atom is -0.379 e. The molecule has 0 spiro atoms. The maximum absolute atomic E-state index is 5.61. The number of rotatable bonds is 4. The van der Waals surface area contributed by atoms with Crippen molar-refractivity contribution in [3.05, 3.63) is 11.9 Å². The third kappa shape index (κ3) is 5.31. The molecule has 0 saturated heterocycles. The Morgan fingerprint density at radius 2 is 1.82 bits per heavy atom. The molecule has 98 valence electrons. The van der Waals surface area contributed by atoms with Crippen LogP contribution < -0.4 is 0 Å². The SMILES string of the molecule is CC(C)(C)COCCn1cc(C(C)(C)C)nn1. The van der Waals surface area contributed by atoms with Crippen molar-refractivity contribution >= 4 is 0 Å². The van der Waals surface area contributed by atoms with Crippen LogP contribution >= 0.6 is 0 Å². The minimum atomic E-state index is 0.0600. The van der Waals surface area contributed by atoms with E-state index < -0.39 is 0 Å². The Morgan fingerprint density at radius 1 is 1.18 bits per heavy atom. The summed E-state index contributed by atoms with van der Waals surface area (Å²) in [6.45, 7) is 15.1. The molecule has 0 fully saturated rings. The van der Waals surface area contributed by atoms with E-state index in [1.807, 2.05) is 10.9 Å². The van der Waals surface area contributed by atoms with Gasteiger partial charge in [-0.1, -0.05) is 46.8 Å². The maximum Gasteiger partial charge on any atom is 0.0880 e. The van der Waals surface area contributed by atoms with Gasteiger partial charge in [-0.25, -0.2) is 4.68 Å². The number of hydrogen-bond donors (Lipinski definition) is 0. The summed E-state index contributed by atoms with van der Waals surface area (Å²) in [6, 6.07) is 0. The lowest BCUT2D eigenvalue weighted by atomic mass is 9.93. The average Bonchev–Trinajstić information content (AvgIpc) is 2.58. The lowest BCUT2D eigenvalue weighted by Gasteiger charge is -2.17. The molecule has 1 heterocycles. The molecule has 17 heavy (non-hydrogen) atoms. The van der Waals surface area contributed by atoms with E-state index in [9.17, 15) is 0 Å². The topological polar surface area (TPSA) is 39.9 Å². The average molecular weight is 239 g/mol. The first-order chi connectivity index (χ1) is 7.68. The molecular formula is C13H25N3O. The summed E-state index contributed by atoms with van der Waals surface area (Å²) in [4.78, 5) is 0. The second-order valence-corrected chi connectivity index (χ2v) is 6.73. The van der Waals surface area contributed by atoms with E-state index in [1.165, 1.54) is 0 Å². The van der Waals surface area contributed by atoms with Crippen LogP contribution in [0, 0.1) is 5.41 Å². The van der Waals surface area contributed by atoms with Gasteiger partial charge in [-0.3, -0.25) is 0 Å². The Hall–Kier alpha value is -0.900. The quantitative estimate of drug-likeness (QED) is 0.758. The van der Waals surface area contributed by atoms with Gasteiger partial charge in [-0.05, 0) is 5.41 Å². The molecule has 0 unspecified atom stereocenters. The van der Waals surface area contributed by atoms with Crippen LogP contribution in [-0.4, -0.2) is 28.2 Å². The second-order valence-electron chi connectivity index (χ2n) is 6.73. The monoisotopic (exact) mass is 239 g/mol. The van der Waals surface area contributed by atoms with Gasteiger partial charge in [0.05, 0.1) is 25.5 Å². The van der Waals surface area contributed by atoms with Gasteiger partial charge in [0.2, 0.25) is 0 Å². The van der Waals surface area contributed by atoms with Crippen molar-refractivity contribution in [1.29, 1.82) is 0 Å². The maximum atomic E-state index is 5.61. The summed E-state index contributed by atoms with van der Waals surface area (Å²) >= 11 is 0. The zero-order chi connectivity index (χ0) is 13.1. The van der Waals surface area contributed by atoms with Gasteiger partial charge in [-0.2, -0.15) is 0 Å². The molecule has 0 aliphatic heterocycles. The Balaban J connectivity index is 2.36. The Kier molecular flexibility index (Phi) is 4.31. The fourth-order valence-corrected chi connectivity index (χ4v) is 1.29. The molecule has 0 aromatic carbocycles. The van der Waals surface area contributed by atoms with Crippen molar-refractivity contribution in [2.75, 3.05) is 13.2 Å². The van der Waals surface area contributed by atoms with E-state index in [-0.39, 0.29) is 10.8 Å². The summed E-state index contributed by atoms with van der Waals surface area (Å²) in [7, 11) is 0. The lowest BCUT2D eigenvalue weighted by molar-refractivity contribution is 0.0644. The molecule has 1 rings (SSSR count). The zero-order valence-electron chi connectivity index (χ0n) is 11.9. The van der Waals surface area contributed by atoms with Crippen molar-refractivity contribution in [3.8, 4) is 0 Å². The molecular weight excluding hydrogens is 214 g/mol. The van der Waals surface area contributed by atoms with Crippen LogP contribution in [0.3, 0.4) is 0 Å². The molecule has 4 heteroatoms. The van der Waals surface area contributed by atoms with Crippen LogP contribution in [-0.2, 0) is 16.7 Å². The standard InChI is InChI=1S/C13H25N3O/c1-12(2,3)10-17-8-7-16-9-11(14-15-16)13(4,5)6/h9H,7-8,10H2,1-6H3. The third-order valence-electron chi connectivity index (χ3n) is 2.31. The van der Waals surface area contributed by atoms with Crippen molar-refractivity contribution in [2.45, 2.75) is 53.5 Å². The highest BCUT2D eigenvalue weighted by molar-refractivity contribution is 5.06. The molecule has 0 aliphatic rings. The van der Waals surface area contributed by atoms with Crippen molar-refractivity contribution in [1.82, 2.24) is 15.0 Å². The number of ether oxygens (including phenoxy) is 1. The predicted molar refractivity (Wildman–Crippen MR) is 69.0 cm³/mol. The van der Waals surface area contributed by atoms with Crippen LogP contribution in [0.15, 0.2) is 6.20 Å².